The van der Waals surface area contributed by atoms with Gasteiger partial charge in [-0.25, -0.2) is 4.39 Å². The standard InChI is InChI=1S/C14H22BrFN2O/c1-3-18(4-2)8-7-17-14(10-19)12-9-11(16)5-6-13(12)15/h5-6,9,14,17,19H,3-4,7-8,10H2,1-2H3. The topological polar surface area (TPSA) is 35.5 Å². The normalized spacial score (nSPS) is 12.9. The first-order valence-corrected chi connectivity index (χ1v) is 7.43. The lowest BCUT2D eigenvalue weighted by atomic mass is 10.1. The first kappa shape index (κ1) is 16.6. The fourth-order valence-electron chi connectivity index (χ4n) is 1.99. The Morgan fingerprint density at radius 2 is 2.05 bits per heavy atom. The van der Waals surface area contributed by atoms with Crippen molar-refractivity contribution in [3.05, 3.63) is 34.1 Å². The highest BCUT2D eigenvalue weighted by Gasteiger charge is 2.14. The second kappa shape index (κ2) is 8.64. The zero-order valence-corrected chi connectivity index (χ0v) is 13.1. The minimum atomic E-state index is -0.290. The van der Waals surface area contributed by atoms with Crippen molar-refractivity contribution in [2.24, 2.45) is 0 Å². The summed E-state index contributed by atoms with van der Waals surface area (Å²) in [4.78, 5) is 2.29. The summed E-state index contributed by atoms with van der Waals surface area (Å²) in [5.41, 5.74) is 0.752. The third-order valence-corrected chi connectivity index (χ3v) is 3.95. The number of benzene rings is 1. The average Bonchev–Trinajstić information content (AvgIpc) is 2.42. The number of rotatable bonds is 8. The van der Waals surface area contributed by atoms with Gasteiger partial charge in [-0.05, 0) is 36.9 Å². The lowest BCUT2D eigenvalue weighted by molar-refractivity contribution is 0.233. The van der Waals surface area contributed by atoms with Crippen LogP contribution >= 0.6 is 15.9 Å². The number of aliphatic hydroxyl groups is 1. The molecule has 0 bridgehead atoms. The number of hydrogen-bond donors (Lipinski definition) is 2. The van der Waals surface area contributed by atoms with Crippen LogP contribution in [0, 0.1) is 5.82 Å². The van der Waals surface area contributed by atoms with Crippen LogP contribution in [-0.2, 0) is 0 Å². The molecule has 0 aliphatic carbocycles. The van der Waals surface area contributed by atoms with E-state index in [2.05, 4.69) is 40.0 Å². The third kappa shape index (κ3) is 5.18. The van der Waals surface area contributed by atoms with Gasteiger partial charge in [0.15, 0.2) is 0 Å². The number of likely N-dealkylation sites (N-methyl/N-ethyl adjacent to an activating group) is 1. The Hall–Kier alpha value is -0.490. The summed E-state index contributed by atoms with van der Waals surface area (Å²) in [6.07, 6.45) is 0. The molecule has 108 valence electrons. The molecule has 0 fully saturated rings. The fraction of sp³-hybridized carbons (Fsp3) is 0.571. The van der Waals surface area contributed by atoms with Crippen LogP contribution in [0.5, 0.6) is 0 Å². The van der Waals surface area contributed by atoms with Gasteiger partial charge in [0.1, 0.15) is 5.82 Å². The van der Waals surface area contributed by atoms with E-state index < -0.39 is 0 Å². The number of hydrogen-bond acceptors (Lipinski definition) is 3. The van der Waals surface area contributed by atoms with Gasteiger partial charge in [0.2, 0.25) is 0 Å². The quantitative estimate of drug-likeness (QED) is 0.768. The Morgan fingerprint density at radius 1 is 1.37 bits per heavy atom. The molecule has 19 heavy (non-hydrogen) atoms. The van der Waals surface area contributed by atoms with Crippen LogP contribution in [0.4, 0.5) is 4.39 Å². The van der Waals surface area contributed by atoms with Crippen LogP contribution in [0.1, 0.15) is 25.5 Å². The van der Waals surface area contributed by atoms with Gasteiger partial charge in [-0.2, -0.15) is 0 Å². The predicted molar refractivity (Wildman–Crippen MR) is 79.7 cm³/mol. The smallest absolute Gasteiger partial charge is 0.123 e. The number of nitrogens with zero attached hydrogens (tertiary/aromatic N) is 1. The molecule has 0 aromatic heterocycles. The highest BCUT2D eigenvalue weighted by atomic mass is 79.9. The summed E-state index contributed by atoms with van der Waals surface area (Å²) in [5.74, 6) is -0.290. The van der Waals surface area contributed by atoms with E-state index in [0.717, 1.165) is 36.2 Å². The van der Waals surface area contributed by atoms with Gasteiger partial charge < -0.3 is 15.3 Å². The molecular weight excluding hydrogens is 311 g/mol. The Kier molecular flexibility index (Phi) is 7.53. The lowest BCUT2D eigenvalue weighted by Crippen LogP contribution is -2.35. The summed E-state index contributed by atoms with van der Waals surface area (Å²) in [7, 11) is 0. The van der Waals surface area contributed by atoms with Gasteiger partial charge >= 0.3 is 0 Å². The number of aliphatic hydroxyl groups excluding tert-OH is 1. The molecule has 2 N–H and O–H groups in total. The van der Waals surface area contributed by atoms with Gasteiger partial charge in [0.05, 0.1) is 12.6 Å². The molecule has 0 aliphatic rings. The van der Waals surface area contributed by atoms with Crippen molar-refractivity contribution in [3.63, 3.8) is 0 Å². The maximum Gasteiger partial charge on any atom is 0.123 e. The number of nitrogens with one attached hydrogen (secondary N) is 1. The molecule has 1 aromatic carbocycles. The van der Waals surface area contributed by atoms with Gasteiger partial charge in [0.25, 0.3) is 0 Å². The van der Waals surface area contributed by atoms with E-state index in [4.69, 9.17) is 0 Å². The first-order valence-electron chi connectivity index (χ1n) is 6.63. The van der Waals surface area contributed by atoms with E-state index in [1.165, 1.54) is 12.1 Å². The van der Waals surface area contributed by atoms with E-state index in [1.54, 1.807) is 6.07 Å². The van der Waals surface area contributed by atoms with E-state index in [9.17, 15) is 9.50 Å². The second-order valence-corrected chi connectivity index (χ2v) is 5.24. The van der Waals surface area contributed by atoms with Crippen molar-refractivity contribution in [3.8, 4) is 0 Å². The minimum absolute atomic E-state index is 0.0553. The van der Waals surface area contributed by atoms with Crippen molar-refractivity contribution in [2.75, 3.05) is 32.8 Å². The first-order chi connectivity index (χ1) is 9.12. The monoisotopic (exact) mass is 332 g/mol. The van der Waals surface area contributed by atoms with Crippen LogP contribution in [0.15, 0.2) is 22.7 Å². The van der Waals surface area contributed by atoms with Crippen LogP contribution in [0.2, 0.25) is 0 Å². The van der Waals surface area contributed by atoms with Crippen LogP contribution in [0.25, 0.3) is 0 Å². The summed E-state index contributed by atoms with van der Waals surface area (Å²) in [6, 6.07) is 4.27. The Morgan fingerprint density at radius 3 is 2.63 bits per heavy atom. The van der Waals surface area contributed by atoms with E-state index in [1.807, 2.05) is 0 Å². The minimum Gasteiger partial charge on any atom is -0.394 e. The van der Waals surface area contributed by atoms with Crippen molar-refractivity contribution in [1.29, 1.82) is 0 Å². The van der Waals surface area contributed by atoms with Gasteiger partial charge in [-0.3, -0.25) is 0 Å². The highest BCUT2D eigenvalue weighted by Crippen LogP contribution is 2.24. The molecule has 5 heteroatoms. The predicted octanol–water partition coefficient (Wildman–Crippen LogP) is 2.55. The van der Waals surface area contributed by atoms with Crippen molar-refractivity contribution in [2.45, 2.75) is 19.9 Å². The van der Waals surface area contributed by atoms with Crippen LogP contribution in [-0.4, -0.2) is 42.8 Å². The molecule has 1 atom stereocenters. The molecular formula is C14H22BrFN2O. The van der Waals surface area contributed by atoms with E-state index >= 15 is 0 Å². The SMILES string of the molecule is CCN(CC)CCNC(CO)c1cc(F)ccc1Br. The summed E-state index contributed by atoms with van der Waals surface area (Å²) < 4.78 is 14.1. The highest BCUT2D eigenvalue weighted by molar-refractivity contribution is 9.10. The molecule has 0 heterocycles. The average molecular weight is 333 g/mol. The van der Waals surface area contributed by atoms with Crippen molar-refractivity contribution >= 4 is 15.9 Å². The molecule has 1 unspecified atom stereocenters. The molecule has 0 saturated heterocycles. The lowest BCUT2D eigenvalue weighted by Gasteiger charge is -2.22. The van der Waals surface area contributed by atoms with E-state index in [-0.39, 0.29) is 18.5 Å². The molecule has 0 radical (unpaired) electrons. The van der Waals surface area contributed by atoms with Gasteiger partial charge in [-0.15, -0.1) is 0 Å². The van der Waals surface area contributed by atoms with Crippen molar-refractivity contribution in [1.82, 2.24) is 10.2 Å². The molecule has 0 saturated carbocycles. The third-order valence-electron chi connectivity index (χ3n) is 3.23. The largest absolute Gasteiger partial charge is 0.394 e. The Balaban J connectivity index is 2.60. The molecule has 1 aromatic rings. The van der Waals surface area contributed by atoms with E-state index in [0.29, 0.717) is 0 Å². The summed E-state index contributed by atoms with van der Waals surface area (Å²) in [5, 5.41) is 12.7. The Labute approximate surface area is 122 Å². The van der Waals surface area contributed by atoms with Crippen LogP contribution < -0.4 is 5.32 Å². The summed E-state index contributed by atoms with van der Waals surface area (Å²) >= 11 is 3.39. The van der Waals surface area contributed by atoms with Gasteiger partial charge in [0, 0.05) is 17.6 Å². The maximum atomic E-state index is 13.3. The summed E-state index contributed by atoms with van der Waals surface area (Å²) in [6.45, 7) is 7.87. The molecule has 0 spiro atoms. The fourth-order valence-corrected chi connectivity index (χ4v) is 2.51. The molecule has 1 rings (SSSR count). The zero-order chi connectivity index (χ0) is 14.3. The molecule has 0 aliphatic heterocycles. The number of halogens is 2. The maximum absolute atomic E-state index is 13.3. The van der Waals surface area contributed by atoms with Gasteiger partial charge in [-0.1, -0.05) is 29.8 Å². The second-order valence-electron chi connectivity index (χ2n) is 4.38. The van der Waals surface area contributed by atoms with Crippen LogP contribution in [0.3, 0.4) is 0 Å². The molecule has 0 amide bonds. The Bertz CT molecular complexity index is 386. The zero-order valence-electron chi connectivity index (χ0n) is 11.5. The van der Waals surface area contributed by atoms with Crippen molar-refractivity contribution < 1.29 is 9.50 Å². The molecule has 3 nitrogen and oxygen atoms in total.